The van der Waals surface area contributed by atoms with Gasteiger partial charge < -0.3 is 10.1 Å². The monoisotopic (exact) mass is 391 g/mol. The molecule has 0 saturated carbocycles. The van der Waals surface area contributed by atoms with Crippen LogP contribution in [0.2, 0.25) is 0 Å². The van der Waals surface area contributed by atoms with Gasteiger partial charge in [0.05, 0.1) is 18.7 Å². The van der Waals surface area contributed by atoms with Crippen LogP contribution in [0.4, 0.5) is 5.82 Å². The average Bonchev–Trinajstić information content (AvgIpc) is 2.77. The maximum absolute atomic E-state index is 5.55. The number of para-hydroxylation sites is 1. The van der Waals surface area contributed by atoms with Crippen LogP contribution in [0.15, 0.2) is 48.8 Å². The van der Waals surface area contributed by atoms with Crippen LogP contribution in [0.1, 0.15) is 20.3 Å². The summed E-state index contributed by atoms with van der Waals surface area (Å²) in [6.45, 7) is 9.04. The van der Waals surface area contributed by atoms with E-state index in [4.69, 9.17) is 14.7 Å². The van der Waals surface area contributed by atoms with Crippen molar-refractivity contribution in [2.45, 2.75) is 26.3 Å². The highest BCUT2D eigenvalue weighted by molar-refractivity contribution is 5.90. The normalized spacial score (nSPS) is 16.2. The fraction of sp³-hybridized carbons (Fsp3) is 0.435. The van der Waals surface area contributed by atoms with E-state index >= 15 is 0 Å². The molecular formula is C23H29N5O. The van der Waals surface area contributed by atoms with Gasteiger partial charge in [-0.15, -0.1) is 0 Å². The van der Waals surface area contributed by atoms with E-state index < -0.39 is 0 Å². The zero-order chi connectivity index (χ0) is 20.1. The number of rotatable bonds is 7. The molecule has 1 aliphatic heterocycles. The van der Waals surface area contributed by atoms with Crippen LogP contribution >= 0.6 is 0 Å². The van der Waals surface area contributed by atoms with E-state index in [0.29, 0.717) is 17.8 Å². The number of pyridine rings is 1. The number of hydrogen-bond donors (Lipinski definition) is 1. The molecule has 0 unspecified atom stereocenters. The minimum absolute atomic E-state index is 0.453. The summed E-state index contributed by atoms with van der Waals surface area (Å²) >= 11 is 0. The van der Waals surface area contributed by atoms with Gasteiger partial charge in [-0.25, -0.2) is 9.97 Å². The van der Waals surface area contributed by atoms with Crippen LogP contribution < -0.4 is 5.32 Å². The minimum Gasteiger partial charge on any atom is -0.379 e. The van der Waals surface area contributed by atoms with Gasteiger partial charge in [-0.05, 0) is 36.6 Å². The summed E-state index contributed by atoms with van der Waals surface area (Å²) in [7, 11) is 0. The third-order valence-corrected chi connectivity index (χ3v) is 5.33. The number of ether oxygens (including phenoxy) is 1. The first-order valence-electron chi connectivity index (χ1n) is 10.4. The Morgan fingerprint density at radius 2 is 1.90 bits per heavy atom. The lowest BCUT2D eigenvalue weighted by Gasteiger charge is -2.35. The second kappa shape index (κ2) is 9.29. The zero-order valence-corrected chi connectivity index (χ0v) is 17.2. The zero-order valence-electron chi connectivity index (χ0n) is 17.2. The number of morpholine rings is 1. The van der Waals surface area contributed by atoms with E-state index in [1.807, 2.05) is 36.5 Å². The number of hydrogen-bond acceptors (Lipinski definition) is 6. The quantitative estimate of drug-likeness (QED) is 0.660. The molecule has 1 aliphatic rings. The Morgan fingerprint density at radius 3 is 2.66 bits per heavy atom. The lowest BCUT2D eigenvalue weighted by Crippen LogP contribution is -2.47. The van der Waals surface area contributed by atoms with E-state index in [-0.39, 0.29) is 0 Å². The first-order chi connectivity index (χ1) is 14.2. The first kappa shape index (κ1) is 19.7. The number of anilines is 1. The second-order valence-corrected chi connectivity index (χ2v) is 7.97. The predicted octanol–water partition coefficient (Wildman–Crippen LogP) is 3.85. The molecule has 4 rings (SSSR count). The molecule has 3 aromatic rings. The number of benzene rings is 1. The summed E-state index contributed by atoms with van der Waals surface area (Å²) in [6.07, 6.45) is 4.72. The van der Waals surface area contributed by atoms with Crippen molar-refractivity contribution in [1.29, 1.82) is 0 Å². The van der Waals surface area contributed by atoms with Crippen molar-refractivity contribution < 1.29 is 4.74 Å². The van der Waals surface area contributed by atoms with Gasteiger partial charge >= 0.3 is 0 Å². The van der Waals surface area contributed by atoms with Gasteiger partial charge in [0, 0.05) is 49.0 Å². The van der Waals surface area contributed by atoms with E-state index in [2.05, 4.69) is 35.1 Å². The fourth-order valence-corrected chi connectivity index (χ4v) is 3.90. The molecule has 6 heteroatoms. The van der Waals surface area contributed by atoms with Crippen molar-refractivity contribution in [3.63, 3.8) is 0 Å². The molecule has 1 fully saturated rings. The van der Waals surface area contributed by atoms with Crippen LogP contribution in [0.5, 0.6) is 0 Å². The van der Waals surface area contributed by atoms with Crippen LogP contribution in [-0.4, -0.2) is 58.7 Å². The Balaban J connectivity index is 1.61. The highest BCUT2D eigenvalue weighted by Gasteiger charge is 2.22. The lowest BCUT2D eigenvalue weighted by atomic mass is 10.0. The summed E-state index contributed by atoms with van der Waals surface area (Å²) in [5.41, 5.74) is 1.86. The van der Waals surface area contributed by atoms with Crippen molar-refractivity contribution in [1.82, 2.24) is 19.9 Å². The number of nitrogens with zero attached hydrogens (tertiary/aromatic N) is 4. The maximum Gasteiger partial charge on any atom is 0.163 e. The molecule has 1 aromatic carbocycles. The average molecular weight is 392 g/mol. The van der Waals surface area contributed by atoms with E-state index in [1.54, 1.807) is 6.20 Å². The molecule has 1 N–H and O–H groups in total. The Bertz CT molecular complexity index is 925. The fourth-order valence-electron chi connectivity index (χ4n) is 3.90. The van der Waals surface area contributed by atoms with E-state index in [1.165, 1.54) is 0 Å². The first-order valence-corrected chi connectivity index (χ1v) is 10.4. The standard InChI is InChI=1S/C23H29N5O/c1-17(2)14-19(28-10-12-29-13-11-28)16-25-23-20-7-3-4-8-21(20)26-22(27-23)18-6-5-9-24-15-18/h3-9,15,17,19H,10-14,16H2,1-2H3,(H,25,26,27)/t19-/m0/s1. The topological polar surface area (TPSA) is 63.2 Å². The molecule has 0 radical (unpaired) electrons. The molecule has 1 atom stereocenters. The molecule has 1 saturated heterocycles. The third kappa shape index (κ3) is 4.89. The van der Waals surface area contributed by atoms with Gasteiger partial charge in [-0.2, -0.15) is 0 Å². The minimum atomic E-state index is 0.453. The molecule has 6 nitrogen and oxygen atoms in total. The van der Waals surface area contributed by atoms with Crippen LogP contribution in [0, 0.1) is 5.92 Å². The highest BCUT2D eigenvalue weighted by Crippen LogP contribution is 2.25. The van der Waals surface area contributed by atoms with Crippen LogP contribution in [0.3, 0.4) is 0 Å². The van der Waals surface area contributed by atoms with Gasteiger partial charge in [0.1, 0.15) is 5.82 Å². The van der Waals surface area contributed by atoms with Gasteiger partial charge in [0.15, 0.2) is 5.82 Å². The Morgan fingerprint density at radius 1 is 1.07 bits per heavy atom. The number of nitrogens with one attached hydrogen (secondary N) is 1. The van der Waals surface area contributed by atoms with Crippen molar-refractivity contribution in [3.05, 3.63) is 48.8 Å². The van der Waals surface area contributed by atoms with Crippen molar-refractivity contribution >= 4 is 16.7 Å². The smallest absolute Gasteiger partial charge is 0.163 e. The Hall–Kier alpha value is -2.57. The van der Waals surface area contributed by atoms with Crippen molar-refractivity contribution in [2.24, 2.45) is 5.92 Å². The Kier molecular flexibility index (Phi) is 6.32. The molecule has 0 spiro atoms. The van der Waals surface area contributed by atoms with Crippen molar-refractivity contribution in [3.8, 4) is 11.4 Å². The molecular weight excluding hydrogens is 362 g/mol. The largest absolute Gasteiger partial charge is 0.379 e. The molecule has 0 aliphatic carbocycles. The van der Waals surface area contributed by atoms with E-state index in [0.717, 1.165) is 61.6 Å². The molecule has 2 aromatic heterocycles. The third-order valence-electron chi connectivity index (χ3n) is 5.33. The number of fused-ring (bicyclic) bond motifs is 1. The summed E-state index contributed by atoms with van der Waals surface area (Å²) in [4.78, 5) is 16.4. The van der Waals surface area contributed by atoms with Gasteiger partial charge in [0.25, 0.3) is 0 Å². The van der Waals surface area contributed by atoms with Crippen LogP contribution in [-0.2, 0) is 4.74 Å². The van der Waals surface area contributed by atoms with Crippen LogP contribution in [0.25, 0.3) is 22.3 Å². The summed E-state index contributed by atoms with van der Waals surface area (Å²) < 4.78 is 5.55. The maximum atomic E-state index is 5.55. The summed E-state index contributed by atoms with van der Waals surface area (Å²) in [5, 5.41) is 4.69. The molecule has 152 valence electrons. The van der Waals surface area contributed by atoms with Crippen molar-refractivity contribution in [2.75, 3.05) is 38.2 Å². The van der Waals surface area contributed by atoms with Gasteiger partial charge in [0.2, 0.25) is 0 Å². The SMILES string of the molecule is CC(C)C[C@@H](CNc1nc(-c2cccnc2)nc2ccccc12)N1CCOCC1. The van der Waals surface area contributed by atoms with E-state index in [9.17, 15) is 0 Å². The Labute approximate surface area is 172 Å². The molecule has 0 amide bonds. The lowest BCUT2D eigenvalue weighted by molar-refractivity contribution is 0.0150. The van der Waals surface area contributed by atoms with Gasteiger partial charge in [-0.1, -0.05) is 26.0 Å². The second-order valence-electron chi connectivity index (χ2n) is 7.97. The molecule has 0 bridgehead atoms. The number of aromatic nitrogens is 3. The highest BCUT2D eigenvalue weighted by atomic mass is 16.5. The predicted molar refractivity (Wildman–Crippen MR) is 117 cm³/mol. The summed E-state index contributed by atoms with van der Waals surface area (Å²) in [5.74, 6) is 2.22. The molecule has 3 heterocycles. The molecule has 29 heavy (non-hydrogen) atoms. The summed E-state index contributed by atoms with van der Waals surface area (Å²) in [6, 6.07) is 12.5. The van der Waals surface area contributed by atoms with Gasteiger partial charge in [-0.3, -0.25) is 9.88 Å².